The maximum atomic E-state index is 11.2. The lowest BCUT2D eigenvalue weighted by atomic mass is 10.2. The van der Waals surface area contributed by atoms with Crippen LogP contribution in [0.5, 0.6) is 0 Å². The number of nitrogens with one attached hydrogen (secondary N) is 2. The number of rotatable bonds is 7. The summed E-state index contributed by atoms with van der Waals surface area (Å²) in [6.07, 6.45) is 1.02. The van der Waals surface area contributed by atoms with Crippen molar-refractivity contribution in [1.82, 2.24) is 10.6 Å². The fourth-order valence-electron chi connectivity index (χ4n) is 0.924. The van der Waals surface area contributed by atoms with Gasteiger partial charge in [-0.1, -0.05) is 6.92 Å². The van der Waals surface area contributed by atoms with Crippen LogP contribution in [-0.2, 0) is 4.79 Å². The SMILES string of the molecule is CCCNC(=O)CC(C#N)NCCO. The number of hydrogen-bond donors (Lipinski definition) is 3. The minimum Gasteiger partial charge on any atom is -0.395 e. The van der Waals surface area contributed by atoms with Gasteiger partial charge in [-0.05, 0) is 6.42 Å². The number of aliphatic hydroxyl groups is 1. The van der Waals surface area contributed by atoms with E-state index >= 15 is 0 Å². The topological polar surface area (TPSA) is 85.2 Å². The van der Waals surface area contributed by atoms with E-state index in [0.717, 1.165) is 6.42 Å². The molecule has 0 spiro atoms. The predicted molar refractivity (Wildman–Crippen MR) is 52.4 cm³/mol. The molecule has 1 atom stereocenters. The predicted octanol–water partition coefficient (Wildman–Crippen LogP) is -0.623. The van der Waals surface area contributed by atoms with E-state index < -0.39 is 6.04 Å². The first-order valence-electron chi connectivity index (χ1n) is 4.75. The Labute approximate surface area is 84.1 Å². The molecule has 5 nitrogen and oxygen atoms in total. The highest BCUT2D eigenvalue weighted by molar-refractivity contribution is 5.76. The summed E-state index contributed by atoms with van der Waals surface area (Å²) in [5, 5.41) is 22.6. The Morgan fingerprint density at radius 2 is 2.29 bits per heavy atom. The van der Waals surface area contributed by atoms with Crippen LogP contribution in [0.3, 0.4) is 0 Å². The van der Waals surface area contributed by atoms with Crippen molar-refractivity contribution in [3.8, 4) is 6.07 Å². The molecule has 0 rings (SSSR count). The molecule has 0 fully saturated rings. The van der Waals surface area contributed by atoms with Gasteiger partial charge in [0.05, 0.1) is 19.1 Å². The number of carbonyl (C=O) groups is 1. The summed E-state index contributed by atoms with van der Waals surface area (Å²) in [4.78, 5) is 11.2. The van der Waals surface area contributed by atoms with Gasteiger partial charge in [-0.2, -0.15) is 5.26 Å². The Morgan fingerprint density at radius 3 is 2.79 bits per heavy atom. The van der Waals surface area contributed by atoms with Gasteiger partial charge in [0, 0.05) is 13.1 Å². The van der Waals surface area contributed by atoms with Crippen molar-refractivity contribution in [1.29, 1.82) is 5.26 Å². The first kappa shape index (κ1) is 12.9. The lowest BCUT2D eigenvalue weighted by molar-refractivity contribution is -0.121. The Balaban J connectivity index is 3.70. The van der Waals surface area contributed by atoms with E-state index in [9.17, 15) is 4.79 Å². The van der Waals surface area contributed by atoms with Crippen LogP contribution in [0.1, 0.15) is 19.8 Å². The largest absolute Gasteiger partial charge is 0.395 e. The van der Waals surface area contributed by atoms with E-state index in [1.54, 1.807) is 0 Å². The maximum absolute atomic E-state index is 11.2. The summed E-state index contributed by atoms with van der Waals surface area (Å²) in [6.45, 7) is 2.90. The molecule has 0 aromatic heterocycles. The quantitative estimate of drug-likeness (QED) is 0.510. The summed E-state index contributed by atoms with van der Waals surface area (Å²) in [7, 11) is 0. The lowest BCUT2D eigenvalue weighted by Gasteiger charge is -2.09. The van der Waals surface area contributed by atoms with E-state index in [-0.39, 0.29) is 18.9 Å². The fourth-order valence-corrected chi connectivity index (χ4v) is 0.924. The second-order valence-electron chi connectivity index (χ2n) is 2.91. The van der Waals surface area contributed by atoms with Crippen molar-refractivity contribution >= 4 is 5.91 Å². The molecule has 0 saturated carbocycles. The average molecular weight is 199 g/mol. The van der Waals surface area contributed by atoms with Crippen LogP contribution >= 0.6 is 0 Å². The molecule has 1 unspecified atom stereocenters. The number of hydrogen-bond acceptors (Lipinski definition) is 4. The van der Waals surface area contributed by atoms with Gasteiger partial charge in [0.15, 0.2) is 0 Å². The first-order valence-corrected chi connectivity index (χ1v) is 4.75. The van der Waals surface area contributed by atoms with Gasteiger partial charge in [0.1, 0.15) is 6.04 Å². The number of nitrogens with zero attached hydrogens (tertiary/aromatic N) is 1. The number of aliphatic hydroxyl groups excluding tert-OH is 1. The molecule has 0 bridgehead atoms. The lowest BCUT2D eigenvalue weighted by Crippen LogP contribution is -2.36. The van der Waals surface area contributed by atoms with Crippen LogP contribution in [0.15, 0.2) is 0 Å². The van der Waals surface area contributed by atoms with Gasteiger partial charge < -0.3 is 10.4 Å². The number of nitriles is 1. The molecular formula is C9H17N3O2. The van der Waals surface area contributed by atoms with Crippen molar-refractivity contribution in [2.75, 3.05) is 19.7 Å². The second kappa shape index (κ2) is 8.48. The van der Waals surface area contributed by atoms with Gasteiger partial charge in [0.25, 0.3) is 0 Å². The molecule has 0 aromatic carbocycles. The summed E-state index contributed by atoms with van der Waals surface area (Å²) in [5.41, 5.74) is 0. The van der Waals surface area contributed by atoms with Crippen LogP contribution in [0.25, 0.3) is 0 Å². The molecule has 0 saturated heterocycles. The number of amides is 1. The monoisotopic (exact) mass is 199 g/mol. The smallest absolute Gasteiger partial charge is 0.222 e. The zero-order chi connectivity index (χ0) is 10.8. The van der Waals surface area contributed by atoms with Crippen molar-refractivity contribution < 1.29 is 9.90 Å². The third-order valence-electron chi connectivity index (χ3n) is 1.62. The van der Waals surface area contributed by atoms with Crippen molar-refractivity contribution in [2.45, 2.75) is 25.8 Å². The molecule has 0 aliphatic heterocycles. The highest BCUT2D eigenvalue weighted by Gasteiger charge is 2.11. The van der Waals surface area contributed by atoms with Gasteiger partial charge in [0.2, 0.25) is 5.91 Å². The van der Waals surface area contributed by atoms with Crippen molar-refractivity contribution in [3.63, 3.8) is 0 Å². The average Bonchev–Trinajstić information content (AvgIpc) is 2.21. The Hall–Kier alpha value is -1.12. The van der Waals surface area contributed by atoms with Crippen LogP contribution in [0, 0.1) is 11.3 Å². The second-order valence-corrected chi connectivity index (χ2v) is 2.91. The summed E-state index contributed by atoms with van der Waals surface area (Å²) in [6, 6.07) is 1.45. The third-order valence-corrected chi connectivity index (χ3v) is 1.62. The van der Waals surface area contributed by atoms with E-state index in [1.165, 1.54) is 0 Å². The molecule has 0 heterocycles. The Morgan fingerprint density at radius 1 is 1.57 bits per heavy atom. The normalized spacial score (nSPS) is 11.8. The fraction of sp³-hybridized carbons (Fsp3) is 0.778. The zero-order valence-corrected chi connectivity index (χ0v) is 8.42. The maximum Gasteiger partial charge on any atom is 0.222 e. The molecule has 0 aromatic rings. The Kier molecular flexibility index (Phi) is 7.80. The van der Waals surface area contributed by atoms with Crippen LogP contribution in [0.2, 0.25) is 0 Å². The van der Waals surface area contributed by atoms with E-state index in [1.807, 2.05) is 13.0 Å². The Bertz CT molecular complexity index is 201. The highest BCUT2D eigenvalue weighted by Crippen LogP contribution is 1.90. The summed E-state index contributed by atoms with van der Waals surface area (Å²) in [5.74, 6) is -0.135. The van der Waals surface area contributed by atoms with Gasteiger partial charge in [-0.15, -0.1) is 0 Å². The van der Waals surface area contributed by atoms with E-state index in [0.29, 0.717) is 13.1 Å². The molecule has 5 heteroatoms. The van der Waals surface area contributed by atoms with E-state index in [2.05, 4.69) is 10.6 Å². The van der Waals surface area contributed by atoms with Crippen LogP contribution < -0.4 is 10.6 Å². The van der Waals surface area contributed by atoms with Crippen LogP contribution in [-0.4, -0.2) is 36.8 Å². The first-order chi connectivity index (χ1) is 6.74. The summed E-state index contributed by atoms with van der Waals surface area (Å²) >= 11 is 0. The van der Waals surface area contributed by atoms with Crippen molar-refractivity contribution in [3.05, 3.63) is 0 Å². The molecule has 80 valence electrons. The zero-order valence-electron chi connectivity index (χ0n) is 8.42. The minimum atomic E-state index is -0.515. The highest BCUT2D eigenvalue weighted by atomic mass is 16.3. The van der Waals surface area contributed by atoms with Gasteiger partial charge in [-0.25, -0.2) is 0 Å². The minimum absolute atomic E-state index is 0.0330. The van der Waals surface area contributed by atoms with Gasteiger partial charge >= 0.3 is 0 Å². The molecule has 3 N–H and O–H groups in total. The molecular weight excluding hydrogens is 182 g/mol. The third kappa shape index (κ3) is 6.40. The molecule has 1 amide bonds. The molecule has 14 heavy (non-hydrogen) atoms. The standard InChI is InChI=1S/C9H17N3O2/c1-2-3-12-9(14)6-8(7-10)11-4-5-13/h8,11,13H,2-6H2,1H3,(H,12,14). The number of carbonyl (C=O) groups excluding carboxylic acids is 1. The molecule has 0 aliphatic carbocycles. The van der Waals surface area contributed by atoms with Gasteiger partial charge in [-0.3, -0.25) is 10.1 Å². The summed E-state index contributed by atoms with van der Waals surface area (Å²) < 4.78 is 0. The van der Waals surface area contributed by atoms with Crippen molar-refractivity contribution in [2.24, 2.45) is 0 Å². The molecule has 0 aliphatic rings. The van der Waals surface area contributed by atoms with Crippen LogP contribution in [0.4, 0.5) is 0 Å². The molecule has 0 radical (unpaired) electrons. The van der Waals surface area contributed by atoms with E-state index in [4.69, 9.17) is 10.4 Å².